The maximum atomic E-state index is 14.6. The summed E-state index contributed by atoms with van der Waals surface area (Å²) in [6, 6.07) is 11.4. The van der Waals surface area contributed by atoms with Crippen LogP contribution in [0.5, 0.6) is 5.75 Å². The lowest BCUT2D eigenvalue weighted by Crippen LogP contribution is -2.39. The van der Waals surface area contributed by atoms with Gasteiger partial charge in [-0.3, -0.25) is 9.00 Å². The topological polar surface area (TPSA) is 74.7 Å². The number of carbonyl (C=O) groups is 1. The Kier molecular flexibility index (Phi) is 9.35. The zero-order chi connectivity index (χ0) is 27.2. The Balaban J connectivity index is 0.000000356. The molecular formula is C24H28F4N4O4S. The molecule has 0 saturated carbocycles. The molecule has 37 heavy (non-hydrogen) atoms. The molecule has 0 aliphatic carbocycles. The van der Waals surface area contributed by atoms with Crippen molar-refractivity contribution in [3.05, 3.63) is 59.4 Å². The quantitative estimate of drug-likeness (QED) is 0.411. The smallest absolute Gasteiger partial charge is 0.447 e. The number of alkyl halides is 3. The average molecular weight is 545 g/mol. The number of hydrazone groups is 1. The van der Waals surface area contributed by atoms with Crippen molar-refractivity contribution in [2.75, 3.05) is 50.7 Å². The first-order chi connectivity index (χ1) is 17.5. The fourth-order valence-electron chi connectivity index (χ4n) is 3.66. The van der Waals surface area contributed by atoms with E-state index in [2.05, 4.69) is 5.10 Å². The minimum absolute atomic E-state index is 0.139. The van der Waals surface area contributed by atoms with E-state index in [1.54, 1.807) is 25.1 Å². The van der Waals surface area contributed by atoms with Gasteiger partial charge in [0.1, 0.15) is 11.6 Å². The zero-order valence-corrected chi connectivity index (χ0v) is 21.4. The summed E-state index contributed by atoms with van der Waals surface area (Å²) in [5, 5.41) is 4.39. The number of halogens is 4. The van der Waals surface area contributed by atoms with Crippen LogP contribution in [0.15, 0.2) is 47.6 Å². The molecule has 1 amide bonds. The van der Waals surface area contributed by atoms with E-state index in [4.69, 9.17) is 9.47 Å². The highest BCUT2D eigenvalue weighted by molar-refractivity contribution is 7.85. The van der Waals surface area contributed by atoms with Crippen LogP contribution in [-0.2, 0) is 26.9 Å². The van der Waals surface area contributed by atoms with Gasteiger partial charge in [-0.15, -0.1) is 5.10 Å². The third-order valence-electron chi connectivity index (χ3n) is 5.66. The monoisotopic (exact) mass is 544 g/mol. The van der Waals surface area contributed by atoms with E-state index in [0.717, 1.165) is 25.2 Å². The number of anilines is 1. The van der Waals surface area contributed by atoms with Crippen LogP contribution >= 0.6 is 0 Å². The van der Waals surface area contributed by atoms with Gasteiger partial charge < -0.3 is 19.3 Å². The minimum Gasteiger partial charge on any atom is -0.495 e. The second kappa shape index (κ2) is 12.3. The van der Waals surface area contributed by atoms with E-state index >= 15 is 0 Å². The highest BCUT2D eigenvalue weighted by Gasteiger charge is 2.48. The number of carbonyl (C=O) groups excluding carboxylic acids is 1. The minimum atomic E-state index is -4.60. The predicted molar refractivity (Wildman–Crippen MR) is 132 cm³/mol. The Labute approximate surface area is 214 Å². The second-order valence-corrected chi connectivity index (χ2v) is 10.0. The summed E-state index contributed by atoms with van der Waals surface area (Å²) in [6.45, 7) is 1.57. The Morgan fingerprint density at radius 2 is 1.89 bits per heavy atom. The first kappa shape index (κ1) is 28.2. The lowest BCUT2D eigenvalue weighted by Gasteiger charge is -2.22. The largest absolute Gasteiger partial charge is 0.495 e. The van der Waals surface area contributed by atoms with Gasteiger partial charge >= 0.3 is 6.18 Å². The van der Waals surface area contributed by atoms with E-state index < -0.39 is 29.0 Å². The van der Waals surface area contributed by atoms with Gasteiger partial charge in [0.05, 0.1) is 12.8 Å². The van der Waals surface area contributed by atoms with Crippen LogP contribution in [0.3, 0.4) is 0 Å². The molecule has 2 aromatic carbocycles. The van der Waals surface area contributed by atoms with Gasteiger partial charge in [0.25, 0.3) is 6.23 Å². The van der Waals surface area contributed by atoms with Gasteiger partial charge in [-0.05, 0) is 24.3 Å². The fourth-order valence-corrected chi connectivity index (χ4v) is 4.74. The molecule has 0 spiro atoms. The molecule has 0 aromatic heterocycles. The van der Waals surface area contributed by atoms with E-state index in [1.807, 2.05) is 23.1 Å². The van der Waals surface area contributed by atoms with E-state index in [-0.39, 0.29) is 18.0 Å². The van der Waals surface area contributed by atoms with Crippen LogP contribution in [0.25, 0.3) is 0 Å². The van der Waals surface area contributed by atoms with Crippen LogP contribution in [-0.4, -0.2) is 84.6 Å². The van der Waals surface area contributed by atoms with E-state index in [0.29, 0.717) is 40.9 Å². The summed E-state index contributed by atoms with van der Waals surface area (Å²) < 4.78 is 74.1. The van der Waals surface area contributed by atoms with E-state index in [9.17, 15) is 26.6 Å². The van der Waals surface area contributed by atoms with Gasteiger partial charge in [0.2, 0.25) is 12.3 Å². The van der Waals surface area contributed by atoms with Gasteiger partial charge in [0, 0.05) is 67.2 Å². The van der Waals surface area contributed by atoms with Crippen LogP contribution in [0, 0.1) is 5.82 Å². The molecule has 1 fully saturated rings. The first-order valence-corrected chi connectivity index (χ1v) is 12.7. The van der Waals surface area contributed by atoms with Crippen molar-refractivity contribution in [1.29, 1.82) is 0 Å². The highest BCUT2D eigenvalue weighted by atomic mass is 32.2. The molecule has 8 nitrogen and oxygen atoms in total. The summed E-state index contributed by atoms with van der Waals surface area (Å²) in [7, 11) is 3.83. The molecule has 13 heteroatoms. The fraction of sp³-hybridized carbons (Fsp3) is 0.417. The highest BCUT2D eigenvalue weighted by Crippen LogP contribution is 2.31. The maximum absolute atomic E-state index is 14.6. The molecular weight excluding hydrogens is 516 g/mol. The SMILES string of the molecule is COc1ccccc1N(C)Cc1ccc(C2=NN(C)C(C(F)(F)F)O2)cc1F.O=CN1CCS(=O)CC1. The molecule has 1 unspecified atom stereocenters. The molecule has 0 bridgehead atoms. The maximum Gasteiger partial charge on any atom is 0.447 e. The number of para-hydroxylation sites is 2. The summed E-state index contributed by atoms with van der Waals surface area (Å²) in [6.07, 6.45) is -5.96. The number of benzene rings is 2. The normalized spacial score (nSPS) is 17.9. The van der Waals surface area contributed by atoms with Crippen LogP contribution in [0.4, 0.5) is 23.2 Å². The van der Waals surface area contributed by atoms with Crippen molar-refractivity contribution in [3.63, 3.8) is 0 Å². The van der Waals surface area contributed by atoms with Crippen molar-refractivity contribution in [2.45, 2.75) is 18.9 Å². The summed E-state index contributed by atoms with van der Waals surface area (Å²) in [5.41, 5.74) is 1.29. The molecule has 2 aliphatic heterocycles. The molecule has 202 valence electrons. The Bertz CT molecular complexity index is 1140. The van der Waals surface area contributed by atoms with Crippen LogP contribution in [0.2, 0.25) is 0 Å². The molecule has 1 saturated heterocycles. The van der Waals surface area contributed by atoms with Gasteiger partial charge in [0.15, 0.2) is 0 Å². The van der Waals surface area contributed by atoms with E-state index in [1.165, 1.54) is 12.1 Å². The lowest BCUT2D eigenvalue weighted by molar-refractivity contribution is -0.230. The standard InChI is InChI=1S/C19H19F4N3O2.C5H9NO2S/c1-25(15-6-4-5-7-16(15)27-3)11-13-9-8-12(10-14(13)20)17-24-26(2)18(28-17)19(21,22)23;7-5-6-1-3-9(8)4-2-6/h4-10,18H,11H2,1-3H3;5H,1-4H2. The van der Waals surface area contributed by atoms with Gasteiger partial charge in [-0.2, -0.15) is 13.2 Å². The van der Waals surface area contributed by atoms with Crippen molar-refractivity contribution in [3.8, 4) is 5.75 Å². The average Bonchev–Trinajstić information content (AvgIpc) is 3.28. The molecule has 0 radical (unpaired) electrons. The molecule has 0 N–H and O–H groups in total. The van der Waals surface area contributed by atoms with Crippen LogP contribution < -0.4 is 9.64 Å². The first-order valence-electron chi connectivity index (χ1n) is 11.3. The molecule has 1 atom stereocenters. The Hall–Kier alpha value is -3.35. The number of ether oxygens (including phenoxy) is 2. The van der Waals surface area contributed by atoms with Crippen LogP contribution in [0.1, 0.15) is 11.1 Å². The molecule has 2 aromatic rings. The number of methoxy groups -OCH3 is 1. The Morgan fingerprint density at radius 1 is 1.22 bits per heavy atom. The molecule has 2 aliphatic rings. The third-order valence-corrected chi connectivity index (χ3v) is 6.93. The Morgan fingerprint density at radius 3 is 2.46 bits per heavy atom. The molecule has 2 heterocycles. The van der Waals surface area contributed by atoms with Gasteiger partial charge in [-0.25, -0.2) is 9.40 Å². The molecule has 4 rings (SSSR count). The second-order valence-electron chi connectivity index (χ2n) is 8.31. The summed E-state index contributed by atoms with van der Waals surface area (Å²) in [5.74, 6) is 1.12. The number of amides is 1. The van der Waals surface area contributed by atoms with Crippen molar-refractivity contribution >= 4 is 28.8 Å². The number of nitrogens with zero attached hydrogens (tertiary/aromatic N) is 4. The van der Waals surface area contributed by atoms with Crippen molar-refractivity contribution in [1.82, 2.24) is 9.91 Å². The predicted octanol–water partition coefficient (Wildman–Crippen LogP) is 3.19. The zero-order valence-electron chi connectivity index (χ0n) is 20.6. The number of rotatable bonds is 6. The van der Waals surface area contributed by atoms with Gasteiger partial charge in [-0.1, -0.05) is 18.2 Å². The van der Waals surface area contributed by atoms with Crippen molar-refractivity contribution in [2.24, 2.45) is 5.10 Å². The van der Waals surface area contributed by atoms with Crippen molar-refractivity contribution < 1.29 is 36.0 Å². The number of hydrogen-bond acceptors (Lipinski definition) is 7. The lowest BCUT2D eigenvalue weighted by atomic mass is 10.1. The third kappa shape index (κ3) is 7.34. The number of hydrogen-bond donors (Lipinski definition) is 0. The summed E-state index contributed by atoms with van der Waals surface area (Å²) >= 11 is 0. The summed E-state index contributed by atoms with van der Waals surface area (Å²) in [4.78, 5) is 13.6.